The van der Waals surface area contributed by atoms with E-state index in [0.29, 0.717) is 0 Å². The van der Waals surface area contributed by atoms with E-state index < -0.39 is 0 Å². The molecule has 1 aromatic heterocycles. The third kappa shape index (κ3) is 16.6. The highest BCUT2D eigenvalue weighted by atomic mass is 16.1. The first-order valence-corrected chi connectivity index (χ1v) is 6.45. The van der Waals surface area contributed by atoms with Crippen LogP contribution >= 0.6 is 0 Å². The van der Waals surface area contributed by atoms with Gasteiger partial charge >= 0.3 is 0 Å². The highest BCUT2D eigenvalue weighted by Gasteiger charge is 1.69. The van der Waals surface area contributed by atoms with Gasteiger partial charge in [-0.1, -0.05) is 76.6 Å². The molecule has 1 N–H and O–H groups in total. The summed E-state index contributed by atoms with van der Waals surface area (Å²) in [7, 11) is 0. The van der Waals surface area contributed by atoms with Crippen molar-refractivity contribution >= 4 is 0 Å². The van der Waals surface area contributed by atoms with E-state index in [1.165, 1.54) is 12.5 Å². The minimum Gasteiger partial charge on any atom is -0.329 e. The molecule has 0 aliphatic heterocycles. The van der Waals surface area contributed by atoms with Crippen molar-refractivity contribution in [2.24, 2.45) is 0 Å². The van der Waals surface area contributed by atoms with Crippen molar-refractivity contribution in [2.75, 3.05) is 0 Å². The molecule has 0 bridgehead atoms. The summed E-state index contributed by atoms with van der Waals surface area (Å²) in [6.45, 7) is 8.25. The molecular formula is C16H25NO. The average Bonchev–Trinajstić information content (AvgIpc) is 2.45. The maximum absolute atomic E-state index is 10.2. The molecule has 0 unspecified atom stereocenters. The summed E-state index contributed by atoms with van der Waals surface area (Å²) in [6.07, 6.45) is 2.85. The van der Waals surface area contributed by atoms with Crippen LogP contribution in [0.2, 0.25) is 0 Å². The molecule has 0 amide bonds. The zero-order valence-electron chi connectivity index (χ0n) is 11.9. The number of pyridine rings is 1. The first kappa shape index (κ1) is 18.5. The monoisotopic (exact) mass is 247 g/mol. The molecule has 2 heteroatoms. The topological polar surface area (TPSA) is 32.9 Å². The van der Waals surface area contributed by atoms with E-state index in [-0.39, 0.29) is 5.56 Å². The van der Waals surface area contributed by atoms with E-state index in [9.17, 15) is 4.79 Å². The van der Waals surface area contributed by atoms with Crippen molar-refractivity contribution < 1.29 is 0 Å². The summed E-state index contributed by atoms with van der Waals surface area (Å²) in [5, 5.41) is 0. The van der Waals surface area contributed by atoms with Crippen LogP contribution in [0.3, 0.4) is 0 Å². The molecule has 100 valence electrons. The highest BCUT2D eigenvalue weighted by Crippen LogP contribution is 1.79. The third-order valence-corrected chi connectivity index (χ3v) is 1.35. The molecule has 1 heterocycles. The van der Waals surface area contributed by atoms with Crippen LogP contribution in [-0.2, 0) is 0 Å². The zero-order chi connectivity index (χ0) is 14.1. The Hall–Kier alpha value is -1.83. The zero-order valence-corrected chi connectivity index (χ0v) is 11.9. The molecule has 0 aliphatic rings. The SMILES string of the molecule is CC.CCC.O=c1cccc[nH]1.c1ccccc1. The Morgan fingerprint density at radius 2 is 1.22 bits per heavy atom. The van der Waals surface area contributed by atoms with Crippen LogP contribution in [0.15, 0.2) is 65.6 Å². The summed E-state index contributed by atoms with van der Waals surface area (Å²) in [5.74, 6) is 0. The normalized spacial score (nSPS) is 7.33. The fraction of sp³-hybridized carbons (Fsp3) is 0.312. The molecule has 2 aromatic rings. The molecule has 0 saturated carbocycles. The van der Waals surface area contributed by atoms with Crippen LogP contribution in [0.1, 0.15) is 34.1 Å². The van der Waals surface area contributed by atoms with Crippen molar-refractivity contribution in [1.82, 2.24) is 4.98 Å². The van der Waals surface area contributed by atoms with Gasteiger partial charge in [0.2, 0.25) is 5.56 Å². The Balaban J connectivity index is 0. The van der Waals surface area contributed by atoms with Gasteiger partial charge in [-0.3, -0.25) is 4.79 Å². The lowest BCUT2D eigenvalue weighted by molar-refractivity contribution is 1.09. The van der Waals surface area contributed by atoms with Crippen LogP contribution in [0, 0.1) is 0 Å². The van der Waals surface area contributed by atoms with E-state index in [0.717, 1.165) is 0 Å². The Morgan fingerprint density at radius 1 is 0.833 bits per heavy atom. The summed E-state index contributed by atoms with van der Waals surface area (Å²) in [5.41, 5.74) is -0.0532. The first-order chi connectivity index (χ1) is 8.81. The molecular weight excluding hydrogens is 222 g/mol. The van der Waals surface area contributed by atoms with Crippen molar-refractivity contribution in [2.45, 2.75) is 34.1 Å². The quantitative estimate of drug-likeness (QED) is 0.730. The minimum atomic E-state index is -0.0532. The van der Waals surface area contributed by atoms with Crippen LogP contribution in [0.5, 0.6) is 0 Å². The Kier molecular flexibility index (Phi) is 18.1. The van der Waals surface area contributed by atoms with E-state index in [1.54, 1.807) is 18.3 Å². The van der Waals surface area contributed by atoms with E-state index in [4.69, 9.17) is 0 Å². The van der Waals surface area contributed by atoms with Crippen molar-refractivity contribution in [3.05, 3.63) is 71.1 Å². The second kappa shape index (κ2) is 17.6. The number of benzene rings is 1. The van der Waals surface area contributed by atoms with Gasteiger partial charge in [0.05, 0.1) is 0 Å². The Morgan fingerprint density at radius 3 is 1.39 bits per heavy atom. The van der Waals surface area contributed by atoms with Crippen LogP contribution in [-0.4, -0.2) is 4.98 Å². The summed E-state index contributed by atoms with van der Waals surface area (Å²) < 4.78 is 0. The lowest BCUT2D eigenvalue weighted by atomic mass is 10.4. The van der Waals surface area contributed by atoms with Gasteiger partial charge in [0.25, 0.3) is 0 Å². The van der Waals surface area contributed by atoms with E-state index in [1.807, 2.05) is 50.2 Å². The fourth-order valence-electron chi connectivity index (χ4n) is 0.762. The van der Waals surface area contributed by atoms with Gasteiger partial charge in [0.1, 0.15) is 0 Å². The smallest absolute Gasteiger partial charge is 0.247 e. The van der Waals surface area contributed by atoms with Gasteiger partial charge < -0.3 is 4.98 Å². The molecule has 0 atom stereocenters. The van der Waals surface area contributed by atoms with Crippen LogP contribution < -0.4 is 5.56 Å². The second-order valence-corrected chi connectivity index (χ2v) is 3.09. The second-order valence-electron chi connectivity index (χ2n) is 3.09. The molecule has 2 rings (SSSR count). The Bertz CT molecular complexity index is 337. The van der Waals surface area contributed by atoms with E-state index in [2.05, 4.69) is 18.8 Å². The number of aromatic amines is 1. The molecule has 0 aliphatic carbocycles. The predicted octanol–water partition coefficient (Wildman–Crippen LogP) is 4.50. The average molecular weight is 247 g/mol. The first-order valence-electron chi connectivity index (χ1n) is 6.45. The molecule has 2 nitrogen and oxygen atoms in total. The largest absolute Gasteiger partial charge is 0.329 e. The van der Waals surface area contributed by atoms with Gasteiger partial charge in [0.15, 0.2) is 0 Å². The van der Waals surface area contributed by atoms with Gasteiger partial charge in [-0.15, -0.1) is 0 Å². The van der Waals surface area contributed by atoms with Crippen molar-refractivity contribution in [1.29, 1.82) is 0 Å². The van der Waals surface area contributed by atoms with Gasteiger partial charge in [-0.05, 0) is 6.07 Å². The van der Waals surface area contributed by atoms with Gasteiger partial charge in [0, 0.05) is 12.3 Å². The molecule has 18 heavy (non-hydrogen) atoms. The molecule has 0 saturated heterocycles. The predicted molar refractivity (Wildman–Crippen MR) is 80.8 cm³/mol. The van der Waals surface area contributed by atoms with Crippen molar-refractivity contribution in [3.8, 4) is 0 Å². The third-order valence-electron chi connectivity index (χ3n) is 1.35. The number of nitrogens with one attached hydrogen (secondary N) is 1. The maximum atomic E-state index is 10.2. The highest BCUT2D eigenvalue weighted by molar-refractivity contribution is 4.99. The summed E-state index contributed by atoms with van der Waals surface area (Å²) in [4.78, 5) is 12.7. The summed E-state index contributed by atoms with van der Waals surface area (Å²) >= 11 is 0. The van der Waals surface area contributed by atoms with Crippen LogP contribution in [0.4, 0.5) is 0 Å². The van der Waals surface area contributed by atoms with Crippen LogP contribution in [0.25, 0.3) is 0 Å². The van der Waals surface area contributed by atoms with Gasteiger partial charge in [-0.25, -0.2) is 0 Å². The molecule has 1 aromatic carbocycles. The fourth-order valence-corrected chi connectivity index (χ4v) is 0.762. The summed E-state index contributed by atoms with van der Waals surface area (Å²) in [6, 6.07) is 16.9. The molecule has 0 radical (unpaired) electrons. The number of aromatic nitrogens is 1. The van der Waals surface area contributed by atoms with Gasteiger partial charge in [-0.2, -0.15) is 0 Å². The lowest BCUT2D eigenvalue weighted by Gasteiger charge is -1.73. The molecule has 0 fully saturated rings. The minimum absolute atomic E-state index is 0.0532. The van der Waals surface area contributed by atoms with E-state index >= 15 is 0 Å². The maximum Gasteiger partial charge on any atom is 0.247 e. The lowest BCUT2D eigenvalue weighted by Crippen LogP contribution is -1.98. The Labute approximate surface area is 111 Å². The molecule has 0 spiro atoms. The number of H-pyrrole nitrogens is 1. The number of rotatable bonds is 0. The number of hydrogen-bond acceptors (Lipinski definition) is 1. The number of hydrogen-bond donors (Lipinski definition) is 1. The van der Waals surface area contributed by atoms with Crippen molar-refractivity contribution in [3.63, 3.8) is 0 Å². The standard InChI is InChI=1S/C6H6.C5H5NO.C3H8.C2H6/c1-2-4-6-5-3-1;7-5-3-1-2-4-6-5;1-3-2;1-2/h1-6H;1-4H,(H,6,7);3H2,1-2H3;1-2H3.